The highest BCUT2D eigenvalue weighted by molar-refractivity contribution is 6.30. The molecule has 1 saturated heterocycles. The van der Waals surface area contributed by atoms with Gasteiger partial charge >= 0.3 is 6.03 Å². The molecule has 1 aliphatic heterocycles. The quantitative estimate of drug-likeness (QED) is 0.843. The lowest BCUT2D eigenvalue weighted by Crippen LogP contribution is -2.53. The van der Waals surface area contributed by atoms with Gasteiger partial charge in [-0.15, -0.1) is 0 Å². The average molecular weight is 386 g/mol. The zero-order chi connectivity index (χ0) is 19.4. The Morgan fingerprint density at radius 3 is 2.37 bits per heavy atom. The minimum Gasteiger partial charge on any atom is -0.368 e. The van der Waals surface area contributed by atoms with E-state index in [2.05, 4.69) is 61.3 Å². The number of benzene rings is 2. The van der Waals surface area contributed by atoms with Crippen molar-refractivity contribution in [1.82, 2.24) is 10.2 Å². The molecule has 1 heterocycles. The molecule has 4 nitrogen and oxygen atoms in total. The topological polar surface area (TPSA) is 35.6 Å². The summed E-state index contributed by atoms with van der Waals surface area (Å²) in [7, 11) is 0. The zero-order valence-electron chi connectivity index (χ0n) is 16.3. The van der Waals surface area contributed by atoms with Crippen molar-refractivity contribution in [2.45, 2.75) is 26.2 Å². The number of halogens is 1. The van der Waals surface area contributed by atoms with E-state index < -0.39 is 0 Å². The first kappa shape index (κ1) is 19.6. The van der Waals surface area contributed by atoms with Gasteiger partial charge in [0.1, 0.15) is 0 Å². The lowest BCUT2D eigenvalue weighted by atomic mass is 9.84. The fourth-order valence-electron chi connectivity index (χ4n) is 3.36. The van der Waals surface area contributed by atoms with Crippen molar-refractivity contribution < 1.29 is 4.79 Å². The SMILES string of the molecule is Cc1ccc(C(C)(C)CNC(=O)N2CCN(c3cccc(Cl)c3)CC2)cc1. The monoisotopic (exact) mass is 385 g/mol. The first-order valence-corrected chi connectivity index (χ1v) is 9.83. The molecule has 27 heavy (non-hydrogen) atoms. The Labute approximate surface area is 167 Å². The van der Waals surface area contributed by atoms with Crippen LogP contribution in [0.5, 0.6) is 0 Å². The second-order valence-electron chi connectivity index (χ2n) is 7.86. The van der Waals surface area contributed by atoms with Crippen LogP contribution in [0.25, 0.3) is 0 Å². The van der Waals surface area contributed by atoms with E-state index in [1.165, 1.54) is 11.1 Å². The first-order valence-electron chi connectivity index (χ1n) is 9.46. The van der Waals surface area contributed by atoms with Gasteiger partial charge < -0.3 is 15.1 Å². The standard InChI is InChI=1S/C22H28ClN3O/c1-17-7-9-18(10-8-17)22(2,3)16-24-21(27)26-13-11-25(12-14-26)20-6-4-5-19(23)15-20/h4-10,15H,11-14,16H2,1-3H3,(H,24,27). The Hall–Kier alpha value is -2.20. The molecule has 0 aliphatic carbocycles. The molecule has 0 bridgehead atoms. The van der Waals surface area contributed by atoms with Crippen LogP contribution < -0.4 is 10.2 Å². The maximum absolute atomic E-state index is 12.6. The van der Waals surface area contributed by atoms with Crippen molar-refractivity contribution in [3.05, 3.63) is 64.7 Å². The molecule has 0 atom stereocenters. The van der Waals surface area contributed by atoms with Crippen molar-refractivity contribution >= 4 is 23.3 Å². The highest BCUT2D eigenvalue weighted by Gasteiger charge is 2.25. The van der Waals surface area contributed by atoms with E-state index in [0.717, 1.165) is 23.8 Å². The number of urea groups is 1. The molecule has 0 spiro atoms. The van der Waals surface area contributed by atoms with Crippen LogP contribution in [-0.2, 0) is 5.41 Å². The minimum atomic E-state index is -0.105. The molecule has 0 saturated carbocycles. The maximum Gasteiger partial charge on any atom is 0.317 e. The highest BCUT2D eigenvalue weighted by Crippen LogP contribution is 2.23. The highest BCUT2D eigenvalue weighted by atomic mass is 35.5. The summed E-state index contributed by atoms with van der Waals surface area (Å²) in [5.41, 5.74) is 3.49. The molecule has 2 aromatic carbocycles. The number of carbonyl (C=O) groups is 1. The minimum absolute atomic E-state index is 0.0148. The van der Waals surface area contributed by atoms with E-state index >= 15 is 0 Å². The summed E-state index contributed by atoms with van der Waals surface area (Å²) in [5.74, 6) is 0. The molecule has 0 aromatic heterocycles. The van der Waals surface area contributed by atoms with Crippen LogP contribution >= 0.6 is 11.6 Å². The third-order valence-corrected chi connectivity index (χ3v) is 5.49. The summed E-state index contributed by atoms with van der Waals surface area (Å²) < 4.78 is 0. The van der Waals surface area contributed by atoms with Crippen LogP contribution in [0.4, 0.5) is 10.5 Å². The maximum atomic E-state index is 12.6. The summed E-state index contributed by atoms with van der Waals surface area (Å²) in [6.07, 6.45) is 0. The van der Waals surface area contributed by atoms with Crippen molar-refractivity contribution in [2.75, 3.05) is 37.6 Å². The van der Waals surface area contributed by atoms with Crippen LogP contribution in [0.2, 0.25) is 5.02 Å². The average Bonchev–Trinajstić information content (AvgIpc) is 2.67. The van der Waals surface area contributed by atoms with E-state index in [1.807, 2.05) is 23.1 Å². The first-order chi connectivity index (χ1) is 12.8. The summed E-state index contributed by atoms with van der Waals surface area (Å²) in [6, 6.07) is 16.4. The second kappa shape index (κ2) is 8.22. The lowest BCUT2D eigenvalue weighted by molar-refractivity contribution is 0.192. The molecule has 3 rings (SSSR count). The summed E-state index contributed by atoms with van der Waals surface area (Å²) in [4.78, 5) is 16.8. The summed E-state index contributed by atoms with van der Waals surface area (Å²) >= 11 is 6.09. The van der Waals surface area contributed by atoms with Gasteiger partial charge in [0.25, 0.3) is 0 Å². The van der Waals surface area contributed by atoms with Gasteiger partial charge in [-0.2, -0.15) is 0 Å². The predicted octanol–water partition coefficient (Wildman–Crippen LogP) is 4.46. The third-order valence-electron chi connectivity index (χ3n) is 5.25. The molecule has 2 amide bonds. The summed E-state index contributed by atoms with van der Waals surface area (Å²) in [5, 5.41) is 3.86. The van der Waals surface area contributed by atoms with Gasteiger partial charge in [0.05, 0.1) is 0 Å². The van der Waals surface area contributed by atoms with Crippen molar-refractivity contribution in [3.63, 3.8) is 0 Å². The van der Waals surface area contributed by atoms with E-state index in [9.17, 15) is 4.79 Å². The molecule has 2 aromatic rings. The molecular weight excluding hydrogens is 358 g/mol. The number of aryl methyl sites for hydroxylation is 1. The summed E-state index contributed by atoms with van der Waals surface area (Å²) in [6.45, 7) is 10.1. The van der Waals surface area contributed by atoms with E-state index in [0.29, 0.717) is 19.6 Å². The Bertz CT molecular complexity index is 780. The predicted molar refractivity (Wildman–Crippen MR) is 113 cm³/mol. The fraction of sp³-hybridized carbons (Fsp3) is 0.409. The van der Waals surface area contributed by atoms with Gasteiger partial charge in [0, 0.05) is 48.8 Å². The number of nitrogens with one attached hydrogen (secondary N) is 1. The molecule has 0 radical (unpaired) electrons. The third kappa shape index (κ3) is 4.95. The molecule has 1 N–H and O–H groups in total. The molecule has 1 aliphatic rings. The Balaban J connectivity index is 1.51. The van der Waals surface area contributed by atoms with Crippen molar-refractivity contribution in [3.8, 4) is 0 Å². The molecule has 144 valence electrons. The second-order valence-corrected chi connectivity index (χ2v) is 8.30. The van der Waals surface area contributed by atoms with Gasteiger partial charge in [0.2, 0.25) is 0 Å². The Kier molecular flexibility index (Phi) is 5.95. The van der Waals surface area contributed by atoms with Gasteiger partial charge in [-0.1, -0.05) is 61.3 Å². The van der Waals surface area contributed by atoms with Gasteiger partial charge in [-0.05, 0) is 30.7 Å². The largest absolute Gasteiger partial charge is 0.368 e. The van der Waals surface area contributed by atoms with Crippen LogP contribution in [0.15, 0.2) is 48.5 Å². The van der Waals surface area contributed by atoms with Crippen LogP contribution in [0.1, 0.15) is 25.0 Å². The van der Waals surface area contributed by atoms with E-state index in [-0.39, 0.29) is 11.4 Å². The number of carbonyl (C=O) groups excluding carboxylic acids is 1. The smallest absolute Gasteiger partial charge is 0.317 e. The molecule has 1 fully saturated rings. The number of hydrogen-bond donors (Lipinski definition) is 1. The van der Waals surface area contributed by atoms with Crippen LogP contribution in [0, 0.1) is 6.92 Å². The van der Waals surface area contributed by atoms with Crippen LogP contribution in [-0.4, -0.2) is 43.7 Å². The van der Waals surface area contributed by atoms with Crippen molar-refractivity contribution in [2.24, 2.45) is 0 Å². The van der Waals surface area contributed by atoms with Gasteiger partial charge in [0.15, 0.2) is 0 Å². The van der Waals surface area contributed by atoms with Crippen molar-refractivity contribution in [1.29, 1.82) is 0 Å². The Morgan fingerprint density at radius 2 is 1.74 bits per heavy atom. The normalized spacial score (nSPS) is 15.0. The van der Waals surface area contributed by atoms with Gasteiger partial charge in [-0.25, -0.2) is 4.79 Å². The van der Waals surface area contributed by atoms with Crippen LogP contribution in [0.3, 0.4) is 0 Å². The Morgan fingerprint density at radius 1 is 1.07 bits per heavy atom. The number of nitrogens with zero attached hydrogens (tertiary/aromatic N) is 2. The lowest BCUT2D eigenvalue weighted by Gasteiger charge is -2.37. The number of piperazine rings is 1. The number of amides is 2. The fourth-order valence-corrected chi connectivity index (χ4v) is 3.54. The zero-order valence-corrected chi connectivity index (χ0v) is 17.1. The number of rotatable bonds is 4. The molecule has 0 unspecified atom stereocenters. The van der Waals surface area contributed by atoms with E-state index in [4.69, 9.17) is 11.6 Å². The molecular formula is C22H28ClN3O. The van der Waals surface area contributed by atoms with Gasteiger partial charge in [-0.3, -0.25) is 0 Å². The number of hydrogen-bond acceptors (Lipinski definition) is 2. The van der Waals surface area contributed by atoms with E-state index in [1.54, 1.807) is 0 Å². The molecule has 5 heteroatoms. The number of anilines is 1.